The van der Waals surface area contributed by atoms with Crippen molar-refractivity contribution in [1.82, 2.24) is 19.6 Å². The van der Waals surface area contributed by atoms with Gasteiger partial charge >= 0.3 is 0 Å². The summed E-state index contributed by atoms with van der Waals surface area (Å²) in [5.74, 6) is -0.0351. The summed E-state index contributed by atoms with van der Waals surface area (Å²) in [7, 11) is -3.16. The quantitative estimate of drug-likeness (QED) is 0.833. The Bertz CT molecular complexity index is 722. The van der Waals surface area contributed by atoms with Crippen molar-refractivity contribution >= 4 is 27.5 Å². The maximum atomic E-state index is 11.6. The second-order valence-corrected chi connectivity index (χ2v) is 6.45. The molecule has 0 aliphatic heterocycles. The number of nitrogens with zero attached hydrogens (tertiary/aromatic N) is 4. The maximum Gasteiger partial charge on any atom is 0.256 e. The highest BCUT2D eigenvalue weighted by Crippen LogP contribution is 2.07. The van der Waals surface area contributed by atoms with Crippen molar-refractivity contribution in [3.63, 3.8) is 0 Å². The number of rotatable bonds is 4. The fourth-order valence-corrected chi connectivity index (χ4v) is 1.98. The Hall–Kier alpha value is -2.03. The van der Waals surface area contributed by atoms with Gasteiger partial charge in [0.05, 0.1) is 5.75 Å². The topological polar surface area (TPSA) is 106 Å². The molecule has 0 saturated carbocycles. The van der Waals surface area contributed by atoms with Crippen molar-refractivity contribution in [1.29, 1.82) is 0 Å². The second-order valence-electron chi connectivity index (χ2n) is 4.19. The minimum absolute atomic E-state index is 0.118. The summed E-state index contributed by atoms with van der Waals surface area (Å²) in [6.07, 6.45) is 2.65. The molecule has 0 saturated heterocycles. The molecule has 0 aliphatic carbocycles. The SMILES string of the molecule is Cc1ccn2c(NC(=O)CCS(C)(=O)=O)nnc2n1. The summed E-state index contributed by atoms with van der Waals surface area (Å²) in [5.41, 5.74) is 0.787. The van der Waals surface area contributed by atoms with E-state index in [1.807, 2.05) is 6.92 Å². The highest BCUT2D eigenvalue weighted by molar-refractivity contribution is 7.90. The molecule has 0 aliphatic rings. The van der Waals surface area contributed by atoms with Crippen LogP contribution < -0.4 is 5.32 Å². The summed E-state index contributed by atoms with van der Waals surface area (Å²) >= 11 is 0. The zero-order chi connectivity index (χ0) is 14.0. The van der Waals surface area contributed by atoms with Crippen molar-refractivity contribution < 1.29 is 13.2 Å². The van der Waals surface area contributed by atoms with E-state index in [0.29, 0.717) is 5.78 Å². The fraction of sp³-hybridized carbons (Fsp3) is 0.400. The molecule has 0 unspecified atom stereocenters. The molecule has 0 spiro atoms. The first-order valence-electron chi connectivity index (χ1n) is 5.51. The van der Waals surface area contributed by atoms with Crippen molar-refractivity contribution in [3.05, 3.63) is 18.0 Å². The summed E-state index contributed by atoms with van der Waals surface area (Å²) in [6.45, 7) is 1.82. The number of aromatic nitrogens is 4. The van der Waals surface area contributed by atoms with Crippen molar-refractivity contribution in [2.75, 3.05) is 17.3 Å². The Labute approximate surface area is 109 Å². The van der Waals surface area contributed by atoms with Crippen LogP contribution in [0.5, 0.6) is 0 Å². The fourth-order valence-electron chi connectivity index (χ4n) is 1.42. The van der Waals surface area contributed by atoms with Crippen molar-refractivity contribution in [2.45, 2.75) is 13.3 Å². The van der Waals surface area contributed by atoms with E-state index >= 15 is 0 Å². The van der Waals surface area contributed by atoms with Gasteiger partial charge in [-0.15, -0.1) is 10.2 Å². The zero-order valence-corrected chi connectivity index (χ0v) is 11.3. The third kappa shape index (κ3) is 3.47. The first-order chi connectivity index (χ1) is 8.85. The monoisotopic (exact) mass is 283 g/mol. The molecule has 1 N–H and O–H groups in total. The Morgan fingerprint density at radius 2 is 2.16 bits per heavy atom. The molecular formula is C10H13N5O3S. The largest absolute Gasteiger partial charge is 0.294 e. The summed E-state index contributed by atoms with van der Waals surface area (Å²) in [5, 5.41) is 10.1. The number of hydrogen-bond donors (Lipinski definition) is 1. The predicted molar refractivity (Wildman–Crippen MR) is 68.5 cm³/mol. The highest BCUT2D eigenvalue weighted by Gasteiger charge is 2.12. The Morgan fingerprint density at radius 1 is 1.42 bits per heavy atom. The van der Waals surface area contributed by atoms with Crippen LogP contribution in [0, 0.1) is 6.92 Å². The average Bonchev–Trinajstić information content (AvgIpc) is 2.68. The van der Waals surface area contributed by atoms with Gasteiger partial charge in [-0.05, 0) is 13.0 Å². The van der Waals surface area contributed by atoms with Gasteiger partial charge in [0.15, 0.2) is 0 Å². The lowest BCUT2D eigenvalue weighted by atomic mass is 10.4. The molecule has 0 radical (unpaired) electrons. The lowest BCUT2D eigenvalue weighted by Gasteiger charge is -2.02. The molecule has 2 rings (SSSR count). The lowest BCUT2D eigenvalue weighted by Crippen LogP contribution is -2.18. The van der Waals surface area contributed by atoms with E-state index in [9.17, 15) is 13.2 Å². The second kappa shape index (κ2) is 4.92. The highest BCUT2D eigenvalue weighted by atomic mass is 32.2. The Balaban J connectivity index is 2.11. The van der Waals surface area contributed by atoms with Gasteiger partial charge in [-0.25, -0.2) is 13.4 Å². The van der Waals surface area contributed by atoms with Gasteiger partial charge in [-0.2, -0.15) is 0 Å². The summed E-state index contributed by atoms with van der Waals surface area (Å²) < 4.78 is 23.4. The van der Waals surface area contributed by atoms with Gasteiger partial charge in [-0.3, -0.25) is 14.5 Å². The maximum absolute atomic E-state index is 11.6. The van der Waals surface area contributed by atoms with E-state index in [2.05, 4.69) is 20.5 Å². The van der Waals surface area contributed by atoms with Crippen LogP contribution >= 0.6 is 0 Å². The van der Waals surface area contributed by atoms with Crippen LogP contribution in [0.3, 0.4) is 0 Å². The number of fused-ring (bicyclic) bond motifs is 1. The van der Waals surface area contributed by atoms with E-state index in [4.69, 9.17) is 0 Å². The van der Waals surface area contributed by atoms with Crippen molar-refractivity contribution in [3.8, 4) is 0 Å². The molecule has 2 aromatic rings. The molecule has 2 aromatic heterocycles. The van der Waals surface area contributed by atoms with Gasteiger partial charge in [0.25, 0.3) is 5.78 Å². The minimum Gasteiger partial charge on any atom is -0.294 e. The molecule has 9 heteroatoms. The number of hydrogen-bond acceptors (Lipinski definition) is 6. The summed E-state index contributed by atoms with van der Waals surface area (Å²) in [4.78, 5) is 15.7. The molecule has 2 heterocycles. The van der Waals surface area contributed by atoms with E-state index < -0.39 is 15.7 Å². The smallest absolute Gasteiger partial charge is 0.256 e. The number of carbonyl (C=O) groups is 1. The molecule has 1 amide bonds. The zero-order valence-electron chi connectivity index (χ0n) is 10.5. The Kier molecular flexibility index (Phi) is 3.47. The third-order valence-corrected chi connectivity index (χ3v) is 3.32. The first-order valence-corrected chi connectivity index (χ1v) is 7.57. The lowest BCUT2D eigenvalue weighted by molar-refractivity contribution is -0.115. The van der Waals surface area contributed by atoms with Crippen LogP contribution in [0.25, 0.3) is 5.78 Å². The van der Waals surface area contributed by atoms with E-state index in [0.717, 1.165) is 11.9 Å². The van der Waals surface area contributed by atoms with Crippen LogP contribution in [0.15, 0.2) is 12.3 Å². The molecule has 0 bridgehead atoms. The molecular weight excluding hydrogens is 270 g/mol. The number of amides is 1. The van der Waals surface area contributed by atoms with Gasteiger partial charge in [0.2, 0.25) is 11.9 Å². The first kappa shape index (κ1) is 13.4. The summed E-state index contributed by atoms with van der Waals surface area (Å²) in [6, 6.07) is 1.75. The van der Waals surface area contributed by atoms with Gasteiger partial charge in [0.1, 0.15) is 9.84 Å². The number of aryl methyl sites for hydroxylation is 1. The molecule has 19 heavy (non-hydrogen) atoms. The van der Waals surface area contributed by atoms with E-state index in [-0.39, 0.29) is 18.1 Å². The van der Waals surface area contributed by atoms with E-state index in [1.165, 1.54) is 4.40 Å². The van der Waals surface area contributed by atoms with Gasteiger partial charge in [0, 0.05) is 24.6 Å². The van der Waals surface area contributed by atoms with Gasteiger partial charge in [-0.1, -0.05) is 0 Å². The van der Waals surface area contributed by atoms with Crippen molar-refractivity contribution in [2.24, 2.45) is 0 Å². The number of nitrogens with one attached hydrogen (secondary N) is 1. The standard InChI is InChI=1S/C10H13N5O3S/c1-7-3-5-15-9(11-7)13-14-10(15)12-8(16)4-6-19(2,17)18/h3,5H,4,6H2,1-2H3,(H,12,14,16). The molecule has 8 nitrogen and oxygen atoms in total. The molecule has 0 aromatic carbocycles. The average molecular weight is 283 g/mol. The third-order valence-electron chi connectivity index (χ3n) is 2.37. The van der Waals surface area contributed by atoms with Crippen LogP contribution in [0.2, 0.25) is 0 Å². The predicted octanol–water partition coefficient (Wildman–Crippen LogP) is -0.194. The molecule has 0 atom stereocenters. The molecule has 102 valence electrons. The minimum atomic E-state index is -3.16. The van der Waals surface area contributed by atoms with E-state index in [1.54, 1.807) is 12.3 Å². The number of anilines is 1. The van der Waals surface area contributed by atoms with Crippen LogP contribution in [0.4, 0.5) is 5.95 Å². The Morgan fingerprint density at radius 3 is 2.84 bits per heavy atom. The molecule has 0 fully saturated rings. The normalized spacial score (nSPS) is 11.7. The number of carbonyl (C=O) groups excluding carboxylic acids is 1. The van der Waals surface area contributed by atoms with Crippen LogP contribution in [-0.4, -0.2) is 45.9 Å². The van der Waals surface area contributed by atoms with Crippen LogP contribution in [0.1, 0.15) is 12.1 Å². The number of sulfone groups is 1. The van der Waals surface area contributed by atoms with Crippen LogP contribution in [-0.2, 0) is 14.6 Å². The van der Waals surface area contributed by atoms with Gasteiger partial charge < -0.3 is 0 Å².